The zero-order valence-corrected chi connectivity index (χ0v) is 26.8. The summed E-state index contributed by atoms with van der Waals surface area (Å²) in [6.45, 7) is 0. The van der Waals surface area contributed by atoms with Crippen molar-refractivity contribution in [2.75, 3.05) is 0 Å². The monoisotopic (exact) mass is 732 g/mol. The number of carbonyl (C=O) groups is 2. The van der Waals surface area contributed by atoms with Crippen molar-refractivity contribution in [3.63, 3.8) is 0 Å². The molecule has 3 aliphatic heterocycles. The highest BCUT2D eigenvalue weighted by molar-refractivity contribution is 6.03. The van der Waals surface area contributed by atoms with Gasteiger partial charge in [-0.3, -0.25) is 4.79 Å². The van der Waals surface area contributed by atoms with Gasteiger partial charge in [-0.25, -0.2) is 4.79 Å². The number of hydrogen-bond acceptors (Lipinski definition) is 17. The van der Waals surface area contributed by atoms with Gasteiger partial charge in [0.05, 0.1) is 17.6 Å². The highest BCUT2D eigenvalue weighted by atomic mass is 16.6. The molecule has 0 spiro atoms. The number of fused-ring (bicyclic) bond motifs is 5. The van der Waals surface area contributed by atoms with Crippen molar-refractivity contribution in [1.29, 1.82) is 0 Å². The van der Waals surface area contributed by atoms with Crippen LogP contribution in [0.15, 0.2) is 54.1 Å². The predicted octanol–water partition coefficient (Wildman–Crippen LogP) is 1.98. The number of ketones is 1. The standard InChI is InChI=1S/C36H28O17/c37-12-3-18(39)14-7-23(44)32(50-24(14)5-12)17-10-27(45)36(49)29(17)28-16(8-22(43)31(47)34(28)53-36)33-26(9-15-19(40)4-13(38)6-25(15)51-33)52-35(48)11-1-20(41)30(46)21(42)2-11/h1-6,8,10,23,26,29,32-33,37-44,46-47,49H,7,9H2/t23-,26-,29-,32-,33-,36-/m1/s1. The van der Waals surface area contributed by atoms with Gasteiger partial charge in [0.25, 0.3) is 5.79 Å². The zero-order chi connectivity index (χ0) is 37.8. The molecule has 8 rings (SSSR count). The summed E-state index contributed by atoms with van der Waals surface area (Å²) in [7, 11) is 0. The lowest BCUT2D eigenvalue weighted by molar-refractivity contribution is -0.163. The Labute approximate surface area is 296 Å². The summed E-state index contributed by atoms with van der Waals surface area (Å²) in [6.07, 6.45) is -5.50. The van der Waals surface area contributed by atoms with E-state index in [9.17, 15) is 65.8 Å². The number of phenols is 9. The van der Waals surface area contributed by atoms with Crippen molar-refractivity contribution in [2.45, 2.75) is 49.0 Å². The molecule has 4 aromatic carbocycles. The Balaban J connectivity index is 1.26. The largest absolute Gasteiger partial charge is 0.508 e. The first-order valence-electron chi connectivity index (χ1n) is 15.9. The summed E-state index contributed by atoms with van der Waals surface area (Å²) in [4.78, 5) is 27.0. The van der Waals surface area contributed by atoms with E-state index in [-0.39, 0.29) is 63.7 Å². The van der Waals surface area contributed by atoms with Crippen LogP contribution in [0.5, 0.6) is 69.0 Å². The fourth-order valence-corrected chi connectivity index (χ4v) is 7.38. The first kappa shape index (κ1) is 33.4. The van der Waals surface area contributed by atoms with E-state index in [1.54, 1.807) is 0 Å². The van der Waals surface area contributed by atoms with Gasteiger partial charge in [-0.05, 0) is 29.8 Å². The molecule has 53 heavy (non-hydrogen) atoms. The Morgan fingerprint density at radius 1 is 0.717 bits per heavy atom. The minimum atomic E-state index is -2.78. The summed E-state index contributed by atoms with van der Waals surface area (Å²) in [6, 6.07) is 6.98. The maximum atomic E-state index is 13.5. The van der Waals surface area contributed by atoms with E-state index in [2.05, 4.69) is 0 Å². The van der Waals surface area contributed by atoms with Gasteiger partial charge in [-0.15, -0.1) is 0 Å². The molecule has 0 saturated heterocycles. The first-order chi connectivity index (χ1) is 25.0. The van der Waals surface area contributed by atoms with Crippen LogP contribution in [-0.4, -0.2) is 92.0 Å². The van der Waals surface area contributed by atoms with Crippen LogP contribution in [0.1, 0.15) is 44.6 Å². The summed E-state index contributed by atoms with van der Waals surface area (Å²) in [5.41, 5.74) is -0.640. The molecule has 1 aliphatic carbocycles. The molecule has 11 N–H and O–H groups in total. The third-order valence-electron chi connectivity index (χ3n) is 9.78. The van der Waals surface area contributed by atoms with Gasteiger partial charge in [-0.2, -0.15) is 0 Å². The average Bonchev–Trinajstić information content (AvgIpc) is 3.54. The molecule has 0 aromatic heterocycles. The second kappa shape index (κ2) is 11.4. The maximum Gasteiger partial charge on any atom is 0.338 e. The molecule has 0 fully saturated rings. The lowest BCUT2D eigenvalue weighted by atomic mass is 9.79. The Hall–Kier alpha value is -6.72. The fourth-order valence-electron chi connectivity index (χ4n) is 7.38. The number of carbonyl (C=O) groups excluding carboxylic acids is 2. The minimum absolute atomic E-state index is 0.0420. The molecule has 17 heteroatoms. The van der Waals surface area contributed by atoms with Crippen LogP contribution in [0.3, 0.4) is 0 Å². The molecule has 0 radical (unpaired) electrons. The smallest absolute Gasteiger partial charge is 0.338 e. The number of rotatable bonds is 4. The third kappa shape index (κ3) is 5.00. The number of aromatic hydroxyl groups is 9. The summed E-state index contributed by atoms with van der Waals surface area (Å²) in [5, 5.41) is 116. The molecule has 0 saturated carbocycles. The van der Waals surface area contributed by atoms with Crippen molar-refractivity contribution in [3.8, 4) is 69.0 Å². The molecule has 17 nitrogen and oxygen atoms in total. The molecule has 0 amide bonds. The average molecular weight is 733 g/mol. The predicted molar refractivity (Wildman–Crippen MR) is 173 cm³/mol. The fraction of sp³-hybridized carbons (Fsp3) is 0.222. The lowest BCUT2D eigenvalue weighted by Crippen LogP contribution is -2.45. The van der Waals surface area contributed by atoms with E-state index < -0.39 is 99.4 Å². The van der Waals surface area contributed by atoms with E-state index in [0.717, 1.165) is 42.5 Å². The van der Waals surface area contributed by atoms with Crippen molar-refractivity contribution < 1.29 is 84.7 Å². The van der Waals surface area contributed by atoms with Gasteiger partial charge in [-0.1, -0.05) is 0 Å². The normalized spacial score (nSPS) is 25.1. The quantitative estimate of drug-likeness (QED) is 0.106. The summed E-state index contributed by atoms with van der Waals surface area (Å²) in [5.74, 6) is -13.3. The van der Waals surface area contributed by atoms with E-state index in [4.69, 9.17) is 18.9 Å². The maximum absolute atomic E-state index is 13.5. The minimum Gasteiger partial charge on any atom is -0.508 e. The summed E-state index contributed by atoms with van der Waals surface area (Å²) < 4.78 is 23.6. The van der Waals surface area contributed by atoms with Gasteiger partial charge in [0.1, 0.15) is 46.7 Å². The molecule has 6 atom stereocenters. The highest BCUT2D eigenvalue weighted by Crippen LogP contribution is 2.61. The number of benzene rings is 4. The molecule has 0 bridgehead atoms. The Bertz CT molecular complexity index is 2290. The van der Waals surface area contributed by atoms with E-state index >= 15 is 0 Å². The second-order valence-electron chi connectivity index (χ2n) is 13.1. The Kier molecular flexibility index (Phi) is 7.18. The van der Waals surface area contributed by atoms with Gasteiger partial charge >= 0.3 is 5.97 Å². The number of aliphatic hydroxyl groups excluding tert-OH is 1. The highest BCUT2D eigenvalue weighted by Gasteiger charge is 2.63. The zero-order valence-electron chi connectivity index (χ0n) is 26.8. The third-order valence-corrected chi connectivity index (χ3v) is 9.78. The topological polar surface area (TPSA) is 294 Å². The van der Waals surface area contributed by atoms with Crippen molar-refractivity contribution in [2.24, 2.45) is 0 Å². The van der Waals surface area contributed by atoms with Crippen LogP contribution in [0, 0.1) is 0 Å². The SMILES string of the molecule is O=C(O[C@@H]1Cc2c(O)cc(O)cc2O[C@@H]1c1cc(O)c(O)c2c1[C@H]1C([C@H]3Oc4cc(O)cc(O)c4C[C@H]3O)=CC(=O)[C@@]1(O)O2)c1cc(O)c(O)c(O)c1. The molecule has 274 valence electrons. The number of phenolic OH excluding ortho intramolecular Hbond substituents is 9. The summed E-state index contributed by atoms with van der Waals surface area (Å²) >= 11 is 0. The van der Waals surface area contributed by atoms with E-state index in [1.165, 1.54) is 6.07 Å². The number of aliphatic hydroxyl groups is 2. The van der Waals surface area contributed by atoms with Crippen LogP contribution in [0.4, 0.5) is 0 Å². The molecular formula is C36H28O17. The van der Waals surface area contributed by atoms with Crippen molar-refractivity contribution >= 4 is 11.8 Å². The van der Waals surface area contributed by atoms with E-state index in [1.807, 2.05) is 0 Å². The Morgan fingerprint density at radius 2 is 1.28 bits per heavy atom. The molecule has 4 aromatic rings. The number of ether oxygens (including phenoxy) is 4. The van der Waals surface area contributed by atoms with Crippen LogP contribution >= 0.6 is 0 Å². The van der Waals surface area contributed by atoms with Gasteiger partial charge in [0.15, 0.2) is 34.9 Å². The van der Waals surface area contributed by atoms with Gasteiger partial charge in [0, 0.05) is 59.4 Å². The van der Waals surface area contributed by atoms with Gasteiger partial charge < -0.3 is 75.1 Å². The number of hydrogen-bond donors (Lipinski definition) is 11. The van der Waals surface area contributed by atoms with E-state index in [0.29, 0.717) is 0 Å². The van der Waals surface area contributed by atoms with Gasteiger partial charge in [0.2, 0.25) is 11.5 Å². The first-order valence-corrected chi connectivity index (χ1v) is 15.9. The molecule has 0 unspecified atom stereocenters. The van der Waals surface area contributed by atoms with Crippen LogP contribution in [0.25, 0.3) is 0 Å². The van der Waals surface area contributed by atoms with Crippen molar-refractivity contribution in [1.82, 2.24) is 0 Å². The van der Waals surface area contributed by atoms with Crippen molar-refractivity contribution in [3.05, 3.63) is 81.9 Å². The lowest BCUT2D eigenvalue weighted by Gasteiger charge is -2.36. The number of esters is 1. The van der Waals surface area contributed by atoms with Crippen LogP contribution in [-0.2, 0) is 22.4 Å². The molecular weight excluding hydrogens is 704 g/mol. The molecule has 3 heterocycles. The van der Waals surface area contributed by atoms with Crippen LogP contribution in [0.2, 0.25) is 0 Å². The molecule has 4 aliphatic rings. The Morgan fingerprint density at radius 3 is 1.91 bits per heavy atom. The second-order valence-corrected chi connectivity index (χ2v) is 13.1. The van der Waals surface area contributed by atoms with Crippen LogP contribution < -0.4 is 14.2 Å².